The molecule has 0 saturated carbocycles. The van der Waals surface area contributed by atoms with Crippen molar-refractivity contribution in [3.05, 3.63) is 22.7 Å². The van der Waals surface area contributed by atoms with E-state index in [9.17, 15) is 4.79 Å². The number of aryl methyl sites for hydroxylation is 1. The van der Waals surface area contributed by atoms with Gasteiger partial charge in [-0.05, 0) is 12.2 Å². The quantitative estimate of drug-likeness (QED) is 0.722. The van der Waals surface area contributed by atoms with E-state index < -0.39 is 0 Å². The molecule has 76 valence electrons. The highest BCUT2D eigenvalue weighted by atomic mass is 32.2. The van der Waals surface area contributed by atoms with E-state index >= 15 is 0 Å². The fourth-order valence-corrected chi connectivity index (χ4v) is 2.38. The first-order chi connectivity index (χ1) is 6.75. The summed E-state index contributed by atoms with van der Waals surface area (Å²) < 4.78 is 6.99. The molecule has 0 radical (unpaired) electrons. The van der Waals surface area contributed by atoms with Crippen LogP contribution in [0.2, 0.25) is 0 Å². The first-order valence-electron chi connectivity index (χ1n) is 4.53. The maximum Gasteiger partial charge on any atom is 0.256 e. The monoisotopic (exact) mass is 212 g/mol. The number of hydrogen-bond donors (Lipinski definition) is 0. The molecule has 1 fully saturated rings. The van der Waals surface area contributed by atoms with Crippen molar-refractivity contribution in [2.75, 3.05) is 11.5 Å². The van der Waals surface area contributed by atoms with Gasteiger partial charge in [0.25, 0.3) is 5.56 Å². The molecule has 4 nitrogen and oxygen atoms in total. The molecule has 0 aromatic carbocycles. The van der Waals surface area contributed by atoms with Gasteiger partial charge in [-0.3, -0.25) is 4.79 Å². The SMILES string of the molecule is Cn1cnc(OC2CCSC2)cc1=O. The summed E-state index contributed by atoms with van der Waals surface area (Å²) in [6, 6.07) is 1.43. The molecule has 1 atom stereocenters. The van der Waals surface area contributed by atoms with Gasteiger partial charge in [0, 0.05) is 12.8 Å². The number of hydrogen-bond acceptors (Lipinski definition) is 4. The lowest BCUT2D eigenvalue weighted by atomic mass is 10.3. The smallest absolute Gasteiger partial charge is 0.256 e. The van der Waals surface area contributed by atoms with Gasteiger partial charge in [-0.25, -0.2) is 4.98 Å². The highest BCUT2D eigenvalue weighted by Gasteiger charge is 2.17. The van der Waals surface area contributed by atoms with Gasteiger partial charge in [0.15, 0.2) is 0 Å². The number of aromatic nitrogens is 2. The molecule has 1 unspecified atom stereocenters. The van der Waals surface area contributed by atoms with Gasteiger partial charge in [-0.1, -0.05) is 0 Å². The van der Waals surface area contributed by atoms with E-state index in [2.05, 4.69) is 4.98 Å². The molecule has 0 bridgehead atoms. The van der Waals surface area contributed by atoms with Crippen molar-refractivity contribution < 1.29 is 4.74 Å². The Morgan fingerprint density at radius 1 is 1.71 bits per heavy atom. The standard InChI is InChI=1S/C9H12N2O2S/c1-11-6-10-8(4-9(11)12)13-7-2-3-14-5-7/h4,6-7H,2-3,5H2,1H3. The average Bonchev–Trinajstić information content (AvgIpc) is 2.64. The molecule has 5 heteroatoms. The number of ether oxygens (including phenoxy) is 1. The molecular formula is C9H12N2O2S. The van der Waals surface area contributed by atoms with E-state index in [0.29, 0.717) is 5.88 Å². The van der Waals surface area contributed by atoms with Crippen LogP contribution in [0.5, 0.6) is 5.88 Å². The van der Waals surface area contributed by atoms with Gasteiger partial charge in [0.2, 0.25) is 5.88 Å². The molecule has 0 N–H and O–H groups in total. The van der Waals surface area contributed by atoms with Crippen molar-refractivity contribution in [1.82, 2.24) is 9.55 Å². The molecule has 2 rings (SSSR count). The lowest BCUT2D eigenvalue weighted by Gasteiger charge is -2.10. The zero-order chi connectivity index (χ0) is 9.97. The Morgan fingerprint density at radius 3 is 3.21 bits per heavy atom. The highest BCUT2D eigenvalue weighted by Crippen LogP contribution is 2.20. The maximum absolute atomic E-state index is 11.3. The summed E-state index contributed by atoms with van der Waals surface area (Å²) in [5, 5.41) is 0. The van der Waals surface area contributed by atoms with E-state index in [0.717, 1.165) is 17.9 Å². The topological polar surface area (TPSA) is 44.1 Å². The Hall–Kier alpha value is -0.970. The Bertz CT molecular complexity index is 371. The van der Waals surface area contributed by atoms with Gasteiger partial charge < -0.3 is 9.30 Å². The van der Waals surface area contributed by atoms with Crippen molar-refractivity contribution in [3.8, 4) is 5.88 Å². The van der Waals surface area contributed by atoms with Crippen molar-refractivity contribution in [2.45, 2.75) is 12.5 Å². The summed E-state index contributed by atoms with van der Waals surface area (Å²) in [4.78, 5) is 15.3. The van der Waals surface area contributed by atoms with Crippen LogP contribution in [-0.4, -0.2) is 27.2 Å². The lowest BCUT2D eigenvalue weighted by molar-refractivity contribution is 0.219. The minimum atomic E-state index is -0.0827. The molecule has 1 aromatic heterocycles. The Kier molecular flexibility index (Phi) is 2.77. The fourth-order valence-electron chi connectivity index (χ4n) is 1.29. The Labute approximate surface area is 86.3 Å². The van der Waals surface area contributed by atoms with E-state index in [4.69, 9.17) is 4.74 Å². The van der Waals surface area contributed by atoms with Crippen LogP contribution in [0.15, 0.2) is 17.2 Å². The zero-order valence-corrected chi connectivity index (χ0v) is 8.79. The summed E-state index contributed by atoms with van der Waals surface area (Å²) in [6.07, 6.45) is 2.75. The van der Waals surface area contributed by atoms with E-state index in [1.807, 2.05) is 11.8 Å². The zero-order valence-electron chi connectivity index (χ0n) is 7.97. The van der Waals surface area contributed by atoms with Crippen LogP contribution in [0.1, 0.15) is 6.42 Å². The van der Waals surface area contributed by atoms with Crippen molar-refractivity contribution >= 4 is 11.8 Å². The molecular weight excluding hydrogens is 200 g/mol. The van der Waals surface area contributed by atoms with Crippen LogP contribution in [0.4, 0.5) is 0 Å². The lowest BCUT2D eigenvalue weighted by Crippen LogP contribution is -2.20. The maximum atomic E-state index is 11.3. The Morgan fingerprint density at radius 2 is 2.57 bits per heavy atom. The highest BCUT2D eigenvalue weighted by molar-refractivity contribution is 7.99. The summed E-state index contributed by atoms with van der Waals surface area (Å²) in [6.45, 7) is 0. The molecule has 0 amide bonds. The molecule has 1 aromatic rings. The molecule has 14 heavy (non-hydrogen) atoms. The van der Waals surface area contributed by atoms with Crippen molar-refractivity contribution in [2.24, 2.45) is 7.05 Å². The minimum absolute atomic E-state index is 0.0827. The van der Waals surface area contributed by atoms with Gasteiger partial charge in [-0.2, -0.15) is 11.8 Å². The van der Waals surface area contributed by atoms with Gasteiger partial charge in [0.1, 0.15) is 12.4 Å². The van der Waals surface area contributed by atoms with E-state index in [1.54, 1.807) is 7.05 Å². The second-order valence-electron chi connectivity index (χ2n) is 3.28. The van der Waals surface area contributed by atoms with Crippen molar-refractivity contribution in [1.29, 1.82) is 0 Å². The number of nitrogens with zero attached hydrogens (tertiary/aromatic N) is 2. The van der Waals surface area contributed by atoms with Gasteiger partial charge in [0.05, 0.1) is 6.07 Å². The second kappa shape index (κ2) is 4.04. The van der Waals surface area contributed by atoms with Crippen LogP contribution in [0.3, 0.4) is 0 Å². The van der Waals surface area contributed by atoms with E-state index in [1.165, 1.54) is 17.0 Å². The largest absolute Gasteiger partial charge is 0.473 e. The predicted molar refractivity (Wildman–Crippen MR) is 55.8 cm³/mol. The first-order valence-corrected chi connectivity index (χ1v) is 5.68. The third-order valence-electron chi connectivity index (χ3n) is 2.13. The number of rotatable bonds is 2. The first kappa shape index (κ1) is 9.58. The molecule has 1 saturated heterocycles. The van der Waals surface area contributed by atoms with Gasteiger partial charge in [-0.15, -0.1) is 0 Å². The molecule has 0 spiro atoms. The van der Waals surface area contributed by atoms with Crippen LogP contribution in [0, 0.1) is 0 Å². The van der Waals surface area contributed by atoms with Crippen LogP contribution >= 0.6 is 11.8 Å². The third kappa shape index (κ3) is 2.09. The summed E-state index contributed by atoms with van der Waals surface area (Å²) in [7, 11) is 1.67. The average molecular weight is 212 g/mol. The fraction of sp³-hybridized carbons (Fsp3) is 0.556. The summed E-state index contributed by atoms with van der Waals surface area (Å²) in [5.41, 5.74) is -0.0827. The number of thioether (sulfide) groups is 1. The normalized spacial score (nSPS) is 21.1. The third-order valence-corrected chi connectivity index (χ3v) is 3.26. The van der Waals surface area contributed by atoms with Crippen LogP contribution < -0.4 is 10.3 Å². The molecule has 1 aliphatic heterocycles. The van der Waals surface area contributed by atoms with E-state index in [-0.39, 0.29) is 11.7 Å². The molecule has 2 heterocycles. The van der Waals surface area contributed by atoms with Crippen LogP contribution in [-0.2, 0) is 7.05 Å². The summed E-state index contributed by atoms with van der Waals surface area (Å²) in [5.74, 6) is 2.58. The van der Waals surface area contributed by atoms with Crippen molar-refractivity contribution in [3.63, 3.8) is 0 Å². The van der Waals surface area contributed by atoms with Crippen LogP contribution in [0.25, 0.3) is 0 Å². The molecule has 1 aliphatic rings. The predicted octanol–water partition coefficient (Wildman–Crippen LogP) is 0.665. The minimum Gasteiger partial charge on any atom is -0.473 e. The summed E-state index contributed by atoms with van der Waals surface area (Å²) >= 11 is 1.87. The second-order valence-corrected chi connectivity index (χ2v) is 4.43. The van der Waals surface area contributed by atoms with Gasteiger partial charge >= 0.3 is 0 Å². The molecule has 0 aliphatic carbocycles. The Balaban J connectivity index is 2.09.